The molecule has 1 heterocycles. The van der Waals surface area contributed by atoms with Crippen molar-refractivity contribution in [2.75, 3.05) is 12.3 Å². The van der Waals surface area contributed by atoms with E-state index in [4.69, 9.17) is 4.99 Å². The van der Waals surface area contributed by atoms with Gasteiger partial charge >= 0.3 is 0 Å². The Morgan fingerprint density at radius 2 is 2.00 bits per heavy atom. The molecule has 19 heavy (non-hydrogen) atoms. The molecule has 0 spiro atoms. The standard InChI is InChI=1S/C16H30N2S/c1-12(2)10-15-11-19-16(18-15)17-9-8-14-6-4-13(3)5-7-14/h12-15H,4-11H2,1-3H3,(H,17,18). The Labute approximate surface area is 123 Å². The molecule has 0 radical (unpaired) electrons. The number of nitrogens with zero attached hydrogens (tertiary/aromatic N) is 1. The molecule has 0 aromatic heterocycles. The summed E-state index contributed by atoms with van der Waals surface area (Å²) >= 11 is 1.92. The fraction of sp³-hybridized carbons (Fsp3) is 0.938. The van der Waals surface area contributed by atoms with Gasteiger partial charge < -0.3 is 5.32 Å². The second-order valence-corrected chi connectivity index (χ2v) is 7.89. The molecule has 2 nitrogen and oxygen atoms in total. The lowest BCUT2D eigenvalue weighted by Gasteiger charge is -2.25. The molecule has 1 atom stereocenters. The van der Waals surface area contributed by atoms with Crippen LogP contribution in [0.3, 0.4) is 0 Å². The van der Waals surface area contributed by atoms with Gasteiger partial charge in [0.05, 0.1) is 0 Å². The maximum atomic E-state index is 4.76. The minimum Gasteiger partial charge on any atom is -0.361 e. The zero-order valence-corrected chi connectivity index (χ0v) is 13.6. The number of aliphatic imine (C=N–C) groups is 1. The number of thioether (sulfide) groups is 1. The topological polar surface area (TPSA) is 24.4 Å². The predicted molar refractivity (Wildman–Crippen MR) is 86.9 cm³/mol. The van der Waals surface area contributed by atoms with E-state index in [9.17, 15) is 0 Å². The van der Waals surface area contributed by atoms with E-state index >= 15 is 0 Å². The van der Waals surface area contributed by atoms with Crippen molar-refractivity contribution in [3.05, 3.63) is 0 Å². The zero-order chi connectivity index (χ0) is 13.7. The average molecular weight is 282 g/mol. The van der Waals surface area contributed by atoms with Crippen molar-refractivity contribution in [3.63, 3.8) is 0 Å². The van der Waals surface area contributed by atoms with Crippen LogP contribution in [0.1, 0.15) is 59.3 Å². The van der Waals surface area contributed by atoms with Gasteiger partial charge in [-0.2, -0.15) is 0 Å². The van der Waals surface area contributed by atoms with Crippen LogP contribution in [0.5, 0.6) is 0 Å². The fourth-order valence-electron chi connectivity index (χ4n) is 3.19. The van der Waals surface area contributed by atoms with Crippen LogP contribution in [-0.4, -0.2) is 23.5 Å². The monoisotopic (exact) mass is 282 g/mol. The van der Waals surface area contributed by atoms with E-state index in [0.29, 0.717) is 6.04 Å². The van der Waals surface area contributed by atoms with E-state index in [2.05, 4.69) is 26.1 Å². The minimum absolute atomic E-state index is 0.652. The van der Waals surface area contributed by atoms with Gasteiger partial charge in [-0.15, -0.1) is 0 Å². The van der Waals surface area contributed by atoms with Gasteiger partial charge in [-0.25, -0.2) is 0 Å². The summed E-state index contributed by atoms with van der Waals surface area (Å²) in [5, 5.41) is 4.78. The molecule has 1 aliphatic heterocycles. The third-order valence-corrected chi connectivity index (χ3v) is 5.52. The first-order valence-electron chi connectivity index (χ1n) is 8.07. The van der Waals surface area contributed by atoms with Crippen LogP contribution in [0.2, 0.25) is 0 Å². The van der Waals surface area contributed by atoms with Gasteiger partial charge in [-0.05, 0) is 30.6 Å². The predicted octanol–water partition coefficient (Wildman–Crippen LogP) is 4.31. The molecular formula is C16H30N2S. The van der Waals surface area contributed by atoms with Gasteiger partial charge in [0.1, 0.15) is 0 Å². The first-order valence-corrected chi connectivity index (χ1v) is 9.05. The molecule has 110 valence electrons. The Bertz CT molecular complexity index is 293. The van der Waals surface area contributed by atoms with Gasteiger partial charge in [0.25, 0.3) is 0 Å². The van der Waals surface area contributed by atoms with Crippen LogP contribution in [-0.2, 0) is 0 Å². The van der Waals surface area contributed by atoms with Gasteiger partial charge in [0, 0.05) is 18.3 Å². The van der Waals surface area contributed by atoms with Crippen LogP contribution in [0.4, 0.5) is 0 Å². The van der Waals surface area contributed by atoms with Crippen LogP contribution < -0.4 is 5.32 Å². The summed E-state index contributed by atoms with van der Waals surface area (Å²) in [5.41, 5.74) is 0. The van der Waals surface area contributed by atoms with Crippen molar-refractivity contribution < 1.29 is 0 Å². The fourth-order valence-corrected chi connectivity index (χ4v) is 4.20. The first-order chi connectivity index (χ1) is 9.13. The summed E-state index contributed by atoms with van der Waals surface area (Å²) in [7, 11) is 0. The lowest BCUT2D eigenvalue weighted by molar-refractivity contribution is 0.280. The molecule has 1 N–H and O–H groups in total. The maximum Gasteiger partial charge on any atom is 0.156 e. The molecule has 2 aliphatic rings. The molecule has 2 fully saturated rings. The highest BCUT2D eigenvalue weighted by Gasteiger charge is 2.21. The Hall–Kier alpha value is -0.180. The van der Waals surface area contributed by atoms with Gasteiger partial charge in [-0.1, -0.05) is 58.2 Å². The van der Waals surface area contributed by atoms with Crippen molar-refractivity contribution in [2.24, 2.45) is 22.7 Å². The highest BCUT2D eigenvalue weighted by atomic mass is 32.2. The molecule has 0 bridgehead atoms. The van der Waals surface area contributed by atoms with Gasteiger partial charge in [-0.3, -0.25) is 4.99 Å². The Morgan fingerprint density at radius 1 is 1.26 bits per heavy atom. The number of amidine groups is 1. The number of rotatable bonds is 5. The maximum absolute atomic E-state index is 4.76. The quantitative estimate of drug-likeness (QED) is 0.812. The smallest absolute Gasteiger partial charge is 0.156 e. The summed E-state index contributed by atoms with van der Waals surface area (Å²) in [6.45, 7) is 8.02. The second kappa shape index (κ2) is 7.56. The van der Waals surface area contributed by atoms with Crippen LogP contribution in [0, 0.1) is 17.8 Å². The summed E-state index contributed by atoms with van der Waals surface area (Å²) < 4.78 is 0. The molecule has 1 aliphatic carbocycles. The van der Waals surface area contributed by atoms with E-state index in [0.717, 1.165) is 24.3 Å². The molecule has 0 aromatic rings. The third kappa shape index (κ3) is 5.37. The summed E-state index contributed by atoms with van der Waals surface area (Å²) in [5.74, 6) is 3.89. The SMILES string of the molecule is CC(C)CC1CSC(=NCCC2CCC(C)CC2)N1. The minimum atomic E-state index is 0.652. The molecule has 1 saturated carbocycles. The van der Waals surface area contributed by atoms with E-state index in [-0.39, 0.29) is 0 Å². The average Bonchev–Trinajstić information content (AvgIpc) is 2.78. The van der Waals surface area contributed by atoms with Crippen LogP contribution in [0.25, 0.3) is 0 Å². The number of hydrogen-bond donors (Lipinski definition) is 1. The van der Waals surface area contributed by atoms with E-state index in [1.807, 2.05) is 11.8 Å². The molecule has 1 saturated heterocycles. The normalized spacial score (nSPS) is 33.9. The Kier molecular flexibility index (Phi) is 6.06. The molecule has 3 heteroatoms. The number of hydrogen-bond acceptors (Lipinski definition) is 2. The summed E-state index contributed by atoms with van der Waals surface area (Å²) in [4.78, 5) is 4.76. The largest absolute Gasteiger partial charge is 0.361 e. The lowest BCUT2D eigenvalue weighted by atomic mass is 9.81. The molecule has 0 aromatic carbocycles. The van der Waals surface area contributed by atoms with Crippen molar-refractivity contribution in [2.45, 2.75) is 65.3 Å². The lowest BCUT2D eigenvalue weighted by Crippen LogP contribution is -2.28. The van der Waals surface area contributed by atoms with Gasteiger partial charge in [0.2, 0.25) is 0 Å². The highest BCUT2D eigenvalue weighted by Crippen LogP contribution is 2.30. The summed E-state index contributed by atoms with van der Waals surface area (Å²) in [6.07, 6.45) is 8.31. The van der Waals surface area contributed by atoms with E-state index < -0.39 is 0 Å². The van der Waals surface area contributed by atoms with Crippen molar-refractivity contribution in [1.29, 1.82) is 0 Å². The number of nitrogens with one attached hydrogen (secondary N) is 1. The van der Waals surface area contributed by atoms with Crippen LogP contribution >= 0.6 is 11.8 Å². The third-order valence-electron chi connectivity index (χ3n) is 4.43. The molecule has 0 amide bonds. The van der Waals surface area contributed by atoms with E-state index in [1.54, 1.807) is 0 Å². The first kappa shape index (κ1) is 15.2. The van der Waals surface area contributed by atoms with Gasteiger partial charge in [0.15, 0.2) is 5.17 Å². The zero-order valence-electron chi connectivity index (χ0n) is 12.8. The Balaban J connectivity index is 1.63. The second-order valence-electron chi connectivity index (χ2n) is 6.88. The van der Waals surface area contributed by atoms with E-state index in [1.165, 1.54) is 49.4 Å². The Morgan fingerprint density at radius 3 is 2.68 bits per heavy atom. The highest BCUT2D eigenvalue weighted by molar-refractivity contribution is 8.14. The summed E-state index contributed by atoms with van der Waals surface area (Å²) in [6, 6.07) is 0.652. The molecule has 1 unspecified atom stereocenters. The molecular weight excluding hydrogens is 252 g/mol. The van der Waals surface area contributed by atoms with Crippen molar-refractivity contribution in [1.82, 2.24) is 5.32 Å². The molecule has 2 rings (SSSR count). The van der Waals surface area contributed by atoms with Crippen molar-refractivity contribution >= 4 is 16.9 Å². The van der Waals surface area contributed by atoms with Crippen molar-refractivity contribution in [3.8, 4) is 0 Å². The van der Waals surface area contributed by atoms with Crippen LogP contribution in [0.15, 0.2) is 4.99 Å².